The highest BCUT2D eigenvalue weighted by atomic mass is 32.2. The summed E-state index contributed by atoms with van der Waals surface area (Å²) in [5.41, 5.74) is 3.98. The highest BCUT2D eigenvalue weighted by Crippen LogP contribution is 2.36. The number of rotatable bonds is 8. The molecule has 0 radical (unpaired) electrons. The van der Waals surface area contributed by atoms with Crippen LogP contribution in [-0.2, 0) is 16.6 Å². The largest absolute Gasteiger partial charge is 0.497 e. The number of nitrogens with zero attached hydrogens (tertiary/aromatic N) is 4. The minimum Gasteiger partial charge on any atom is -0.497 e. The van der Waals surface area contributed by atoms with Gasteiger partial charge in [-0.05, 0) is 68.1 Å². The zero-order valence-electron chi connectivity index (χ0n) is 22.4. The Balaban J connectivity index is 1.62. The molecule has 2 aromatic carbocycles. The van der Waals surface area contributed by atoms with E-state index in [2.05, 4.69) is 15.4 Å². The van der Waals surface area contributed by atoms with Crippen LogP contribution in [0, 0.1) is 13.8 Å². The number of benzene rings is 2. The molecule has 1 saturated heterocycles. The Hall–Kier alpha value is -3.96. The summed E-state index contributed by atoms with van der Waals surface area (Å²) >= 11 is 0. The van der Waals surface area contributed by atoms with E-state index in [0.717, 1.165) is 29.8 Å². The van der Waals surface area contributed by atoms with Gasteiger partial charge < -0.3 is 14.8 Å². The predicted octanol–water partition coefficient (Wildman–Crippen LogP) is 3.74. The van der Waals surface area contributed by atoms with Crippen LogP contribution in [0.3, 0.4) is 0 Å². The highest BCUT2D eigenvalue weighted by Gasteiger charge is 2.31. The lowest BCUT2D eigenvalue weighted by Gasteiger charge is -2.18. The Bertz CT molecular complexity index is 1660. The molecule has 0 saturated carbocycles. The highest BCUT2D eigenvalue weighted by molar-refractivity contribution is 7.89. The molecule has 1 aliphatic heterocycles. The maximum Gasteiger partial charge on any atom is 0.272 e. The number of carbonyl (C=O) groups excluding carboxylic acids is 1. The number of hydrogen-bond acceptors (Lipinski definition) is 7. The van der Waals surface area contributed by atoms with E-state index in [0.29, 0.717) is 35.6 Å². The molecular formula is C28H31N5O5S. The van der Waals surface area contributed by atoms with E-state index in [1.807, 2.05) is 44.2 Å². The minimum absolute atomic E-state index is 0.0517. The summed E-state index contributed by atoms with van der Waals surface area (Å²) < 4.78 is 40.9. The van der Waals surface area contributed by atoms with Crippen molar-refractivity contribution in [3.05, 3.63) is 71.2 Å². The molecule has 1 aliphatic rings. The van der Waals surface area contributed by atoms with Gasteiger partial charge in [0, 0.05) is 31.0 Å². The standard InChI is InChI=1S/C28H31N5O5S/c1-18-14-19(2)33-27(30-18)25(26(31-33)28(34)29-17-20-8-7-9-22(15-20)37-3)21-10-11-23(38-4)24(16-21)39(35,36)32-12-5-6-13-32/h7-11,14-16H,5-6,12-13,17H2,1-4H3,(H,29,34). The van der Waals surface area contributed by atoms with Gasteiger partial charge in [0.2, 0.25) is 10.0 Å². The normalized spacial score (nSPS) is 14.1. The fourth-order valence-corrected chi connectivity index (χ4v) is 6.59. The quantitative estimate of drug-likeness (QED) is 0.356. The summed E-state index contributed by atoms with van der Waals surface area (Å²) in [5, 5.41) is 7.55. The maximum atomic E-state index is 13.6. The van der Waals surface area contributed by atoms with Crippen molar-refractivity contribution in [2.45, 2.75) is 38.1 Å². The number of ether oxygens (including phenoxy) is 2. The van der Waals surface area contributed by atoms with Crippen molar-refractivity contribution >= 4 is 21.6 Å². The van der Waals surface area contributed by atoms with Crippen LogP contribution in [0.15, 0.2) is 53.4 Å². The van der Waals surface area contributed by atoms with E-state index >= 15 is 0 Å². The zero-order valence-corrected chi connectivity index (χ0v) is 23.2. The van der Waals surface area contributed by atoms with Crippen molar-refractivity contribution in [2.24, 2.45) is 0 Å². The van der Waals surface area contributed by atoms with Crippen LogP contribution in [0.4, 0.5) is 0 Å². The molecule has 11 heteroatoms. The lowest BCUT2D eigenvalue weighted by Crippen LogP contribution is -2.28. The van der Waals surface area contributed by atoms with E-state index in [1.165, 1.54) is 11.4 Å². The predicted molar refractivity (Wildman–Crippen MR) is 147 cm³/mol. The van der Waals surface area contributed by atoms with Crippen molar-refractivity contribution in [3.8, 4) is 22.6 Å². The van der Waals surface area contributed by atoms with Gasteiger partial charge in [0.1, 0.15) is 16.4 Å². The molecule has 1 amide bonds. The third-order valence-corrected chi connectivity index (χ3v) is 8.75. The molecule has 0 aliphatic carbocycles. The van der Waals surface area contributed by atoms with Gasteiger partial charge >= 0.3 is 0 Å². The van der Waals surface area contributed by atoms with Gasteiger partial charge in [0.15, 0.2) is 11.3 Å². The Labute approximate surface area is 227 Å². The van der Waals surface area contributed by atoms with Gasteiger partial charge in [-0.1, -0.05) is 18.2 Å². The summed E-state index contributed by atoms with van der Waals surface area (Å²) in [4.78, 5) is 18.3. The summed E-state index contributed by atoms with van der Waals surface area (Å²) in [6, 6.07) is 14.2. The van der Waals surface area contributed by atoms with Gasteiger partial charge in [0.25, 0.3) is 5.91 Å². The lowest BCUT2D eigenvalue weighted by atomic mass is 10.0. The summed E-state index contributed by atoms with van der Waals surface area (Å²) in [7, 11) is -0.771. The van der Waals surface area contributed by atoms with E-state index in [9.17, 15) is 13.2 Å². The third kappa shape index (κ3) is 5.07. The number of hydrogen-bond donors (Lipinski definition) is 1. The van der Waals surface area contributed by atoms with Crippen LogP contribution in [0.1, 0.15) is 40.3 Å². The Kier molecular flexibility index (Phi) is 7.28. The first-order chi connectivity index (χ1) is 18.7. The number of aryl methyl sites for hydroxylation is 2. The van der Waals surface area contributed by atoms with Gasteiger partial charge in [-0.25, -0.2) is 17.9 Å². The molecule has 204 valence electrons. The van der Waals surface area contributed by atoms with Crippen LogP contribution in [0.2, 0.25) is 0 Å². The molecule has 39 heavy (non-hydrogen) atoms. The molecule has 5 rings (SSSR count). The average Bonchev–Trinajstić information content (AvgIpc) is 3.61. The maximum absolute atomic E-state index is 13.6. The molecule has 0 spiro atoms. The number of sulfonamides is 1. The van der Waals surface area contributed by atoms with E-state index in [-0.39, 0.29) is 22.9 Å². The molecular weight excluding hydrogens is 518 g/mol. The van der Waals surface area contributed by atoms with Gasteiger partial charge in [-0.15, -0.1) is 0 Å². The number of aromatic nitrogens is 3. The van der Waals surface area contributed by atoms with Crippen molar-refractivity contribution in [3.63, 3.8) is 0 Å². The topological polar surface area (TPSA) is 115 Å². The second-order valence-corrected chi connectivity index (χ2v) is 11.4. The third-order valence-electron chi connectivity index (χ3n) is 6.83. The molecule has 1 fully saturated rings. The number of nitrogens with one attached hydrogen (secondary N) is 1. The first kappa shape index (κ1) is 26.6. The molecule has 2 aromatic heterocycles. The second-order valence-electron chi connectivity index (χ2n) is 9.51. The Morgan fingerprint density at radius 3 is 2.51 bits per heavy atom. The van der Waals surface area contributed by atoms with Crippen LogP contribution < -0.4 is 14.8 Å². The van der Waals surface area contributed by atoms with Crippen molar-refractivity contribution in [2.75, 3.05) is 27.3 Å². The number of methoxy groups -OCH3 is 2. The van der Waals surface area contributed by atoms with Gasteiger partial charge in [-0.2, -0.15) is 9.40 Å². The fraction of sp³-hybridized carbons (Fsp3) is 0.321. The zero-order chi connectivity index (χ0) is 27.7. The molecule has 0 unspecified atom stereocenters. The van der Waals surface area contributed by atoms with Crippen LogP contribution >= 0.6 is 0 Å². The molecule has 0 atom stereocenters. The summed E-state index contributed by atoms with van der Waals surface area (Å²) in [6.07, 6.45) is 1.63. The Morgan fingerprint density at radius 1 is 1.03 bits per heavy atom. The van der Waals surface area contributed by atoms with Crippen LogP contribution in [0.25, 0.3) is 16.8 Å². The van der Waals surface area contributed by atoms with Crippen molar-refractivity contribution in [1.82, 2.24) is 24.2 Å². The summed E-state index contributed by atoms with van der Waals surface area (Å²) in [6.45, 7) is 4.93. The number of fused-ring (bicyclic) bond motifs is 1. The summed E-state index contributed by atoms with van der Waals surface area (Å²) in [5.74, 6) is 0.525. The molecule has 3 heterocycles. The molecule has 0 bridgehead atoms. The van der Waals surface area contributed by atoms with E-state index in [4.69, 9.17) is 9.47 Å². The lowest BCUT2D eigenvalue weighted by molar-refractivity contribution is 0.0946. The van der Waals surface area contributed by atoms with E-state index < -0.39 is 15.9 Å². The van der Waals surface area contributed by atoms with Crippen molar-refractivity contribution in [1.29, 1.82) is 0 Å². The van der Waals surface area contributed by atoms with Crippen LogP contribution in [-0.4, -0.2) is 60.5 Å². The number of carbonyl (C=O) groups is 1. The second kappa shape index (κ2) is 10.7. The monoisotopic (exact) mass is 549 g/mol. The van der Waals surface area contributed by atoms with Crippen molar-refractivity contribution < 1.29 is 22.7 Å². The molecule has 1 N–H and O–H groups in total. The van der Waals surface area contributed by atoms with E-state index in [1.54, 1.807) is 29.8 Å². The van der Waals surface area contributed by atoms with Gasteiger partial charge in [0.05, 0.1) is 19.8 Å². The molecule has 10 nitrogen and oxygen atoms in total. The Morgan fingerprint density at radius 2 is 1.79 bits per heavy atom. The fourth-order valence-electron chi connectivity index (χ4n) is 4.90. The average molecular weight is 550 g/mol. The van der Waals surface area contributed by atoms with Gasteiger partial charge in [-0.3, -0.25) is 4.79 Å². The first-order valence-electron chi connectivity index (χ1n) is 12.7. The smallest absolute Gasteiger partial charge is 0.272 e. The molecule has 4 aromatic rings. The minimum atomic E-state index is -3.80. The van der Waals surface area contributed by atoms with Crippen LogP contribution in [0.5, 0.6) is 11.5 Å². The number of amides is 1. The first-order valence-corrected chi connectivity index (χ1v) is 14.1. The SMILES string of the molecule is COc1cccc(CNC(=O)c2nn3c(C)cc(C)nc3c2-c2ccc(OC)c(S(=O)(=O)N3CCCC3)c2)c1.